The van der Waals surface area contributed by atoms with Crippen LogP contribution >= 0.6 is 0 Å². The number of nitrogens with zero attached hydrogens (tertiary/aromatic N) is 2. The minimum absolute atomic E-state index is 0.429. The van der Waals surface area contributed by atoms with Gasteiger partial charge in [0.2, 0.25) is 5.95 Å². The number of alkyl halides is 4. The normalized spacial score (nSPS) is 11.1. The number of hydrogen-bond donors (Lipinski definition) is 0. The zero-order chi connectivity index (χ0) is 13.1. The molecule has 0 fully saturated rings. The zero-order valence-corrected chi connectivity index (χ0v) is 8.18. The number of aromatic nitrogens is 1. The van der Waals surface area contributed by atoms with E-state index in [1.807, 2.05) is 0 Å². The smallest absolute Gasteiger partial charge is 0.404 e. The Balaban J connectivity index is 3.24. The van der Waals surface area contributed by atoms with E-state index in [-0.39, 0.29) is 0 Å². The molecule has 0 atom stereocenters. The molecule has 1 aromatic heterocycles. The van der Waals surface area contributed by atoms with Crippen molar-refractivity contribution in [3.63, 3.8) is 0 Å². The Morgan fingerprint density at radius 3 is 2.47 bits per heavy atom. The molecule has 0 unspecified atom stereocenters. The summed E-state index contributed by atoms with van der Waals surface area (Å²) in [6.07, 6.45) is -5.20. The van der Waals surface area contributed by atoms with E-state index in [1.165, 1.54) is 6.07 Å². The van der Waals surface area contributed by atoms with Gasteiger partial charge in [-0.2, -0.15) is 9.65 Å². The average Bonchev–Trinajstić information content (AvgIpc) is 2.21. The maximum atomic E-state index is 13.1. The molecule has 0 aliphatic carbocycles. The first kappa shape index (κ1) is 13.2. The number of hydrogen-bond acceptors (Lipinski definition) is 3. The first-order valence-corrected chi connectivity index (χ1v) is 4.24. The van der Waals surface area contributed by atoms with E-state index in [9.17, 15) is 22.0 Å². The van der Waals surface area contributed by atoms with Crippen molar-refractivity contribution < 1.29 is 26.7 Å². The molecule has 0 N–H and O–H groups in total. The van der Waals surface area contributed by atoms with Gasteiger partial charge >= 0.3 is 6.36 Å². The summed E-state index contributed by atoms with van der Waals surface area (Å²) in [5.74, 6) is -2.12. The Labute approximate surface area is 92.4 Å². The summed E-state index contributed by atoms with van der Waals surface area (Å²) in [6.45, 7) is -1.39. The molecular formula is C9H5F5N2O. The molecule has 0 amide bonds. The van der Waals surface area contributed by atoms with Gasteiger partial charge in [0.15, 0.2) is 5.75 Å². The van der Waals surface area contributed by atoms with Crippen molar-refractivity contribution in [2.45, 2.75) is 19.5 Å². The van der Waals surface area contributed by atoms with Gasteiger partial charge in [0, 0.05) is 11.1 Å². The van der Waals surface area contributed by atoms with Crippen LogP contribution in [0.4, 0.5) is 22.0 Å². The minimum Gasteiger partial charge on any atom is -0.404 e. The molecule has 0 aromatic carbocycles. The molecule has 1 aromatic rings. The predicted molar refractivity (Wildman–Crippen MR) is 45.0 cm³/mol. The summed E-state index contributed by atoms with van der Waals surface area (Å²) >= 11 is 0. The van der Waals surface area contributed by atoms with Gasteiger partial charge in [0.25, 0.3) is 0 Å². The van der Waals surface area contributed by atoms with Crippen molar-refractivity contribution in [1.82, 2.24) is 4.98 Å². The van der Waals surface area contributed by atoms with Gasteiger partial charge in [0.1, 0.15) is 6.67 Å². The second-order valence-electron chi connectivity index (χ2n) is 2.89. The molecule has 0 saturated heterocycles. The number of rotatable bonds is 3. The minimum atomic E-state index is -5.03. The quantitative estimate of drug-likeness (QED) is 0.613. The third kappa shape index (κ3) is 3.27. The lowest BCUT2D eigenvalue weighted by atomic mass is 10.1. The number of nitriles is 1. The van der Waals surface area contributed by atoms with E-state index < -0.39 is 42.3 Å². The highest BCUT2D eigenvalue weighted by Gasteiger charge is 2.33. The SMILES string of the molecule is N#CCc1c(F)ncc(OC(F)(F)F)c1CF. The molecule has 0 saturated carbocycles. The Morgan fingerprint density at radius 2 is 2.00 bits per heavy atom. The summed E-state index contributed by atoms with van der Waals surface area (Å²) in [5.41, 5.74) is -1.19. The van der Waals surface area contributed by atoms with E-state index in [0.29, 0.717) is 6.20 Å². The second kappa shape index (κ2) is 4.95. The Kier molecular flexibility index (Phi) is 3.83. The van der Waals surface area contributed by atoms with Gasteiger partial charge in [-0.3, -0.25) is 0 Å². The average molecular weight is 252 g/mol. The molecule has 0 bridgehead atoms. The fraction of sp³-hybridized carbons (Fsp3) is 0.333. The molecule has 92 valence electrons. The van der Waals surface area contributed by atoms with E-state index in [1.54, 1.807) is 0 Å². The monoisotopic (exact) mass is 252 g/mol. The van der Waals surface area contributed by atoms with Crippen molar-refractivity contribution in [1.29, 1.82) is 5.26 Å². The summed E-state index contributed by atoms with van der Waals surface area (Å²) in [4.78, 5) is 2.98. The van der Waals surface area contributed by atoms with Crippen molar-refractivity contribution >= 4 is 0 Å². The molecule has 3 nitrogen and oxygen atoms in total. The number of halogens is 5. The Morgan fingerprint density at radius 1 is 1.35 bits per heavy atom. The maximum absolute atomic E-state index is 13.1. The third-order valence-corrected chi connectivity index (χ3v) is 1.82. The highest BCUT2D eigenvalue weighted by atomic mass is 19.4. The maximum Gasteiger partial charge on any atom is 0.573 e. The van der Waals surface area contributed by atoms with E-state index in [2.05, 4.69) is 9.72 Å². The first-order valence-electron chi connectivity index (χ1n) is 4.24. The summed E-state index contributed by atoms with van der Waals surface area (Å²) in [6, 6.07) is 1.51. The summed E-state index contributed by atoms with van der Waals surface area (Å²) < 4.78 is 65.0. The van der Waals surface area contributed by atoms with Crippen molar-refractivity contribution in [3.8, 4) is 11.8 Å². The van der Waals surface area contributed by atoms with Crippen LogP contribution in [0.1, 0.15) is 11.1 Å². The second-order valence-corrected chi connectivity index (χ2v) is 2.89. The van der Waals surface area contributed by atoms with E-state index >= 15 is 0 Å². The predicted octanol–water partition coefficient (Wildman–Crippen LogP) is 2.65. The van der Waals surface area contributed by atoms with Crippen molar-refractivity contribution in [2.24, 2.45) is 0 Å². The van der Waals surface area contributed by atoms with Gasteiger partial charge in [0.05, 0.1) is 18.7 Å². The highest BCUT2D eigenvalue weighted by molar-refractivity contribution is 5.38. The van der Waals surface area contributed by atoms with Crippen LogP contribution in [-0.4, -0.2) is 11.3 Å². The lowest BCUT2D eigenvalue weighted by molar-refractivity contribution is -0.275. The molecule has 0 radical (unpaired) electrons. The van der Waals surface area contributed by atoms with Crippen LogP contribution in [0.15, 0.2) is 6.20 Å². The third-order valence-electron chi connectivity index (χ3n) is 1.82. The first-order chi connectivity index (χ1) is 7.89. The number of pyridine rings is 1. The van der Waals surface area contributed by atoms with Crippen LogP contribution < -0.4 is 4.74 Å². The van der Waals surface area contributed by atoms with Gasteiger partial charge in [-0.1, -0.05) is 0 Å². The summed E-state index contributed by atoms with van der Waals surface area (Å²) in [7, 11) is 0. The van der Waals surface area contributed by atoms with Gasteiger partial charge < -0.3 is 4.74 Å². The van der Waals surface area contributed by atoms with E-state index in [4.69, 9.17) is 5.26 Å². The summed E-state index contributed by atoms with van der Waals surface area (Å²) in [5, 5.41) is 8.36. The highest BCUT2D eigenvalue weighted by Crippen LogP contribution is 2.29. The van der Waals surface area contributed by atoms with Gasteiger partial charge in [-0.05, 0) is 0 Å². The Bertz CT molecular complexity index is 452. The van der Waals surface area contributed by atoms with Gasteiger partial charge in [-0.25, -0.2) is 9.37 Å². The molecule has 17 heavy (non-hydrogen) atoms. The van der Waals surface area contributed by atoms with Crippen LogP contribution in [0.3, 0.4) is 0 Å². The van der Waals surface area contributed by atoms with Crippen LogP contribution in [0, 0.1) is 17.3 Å². The van der Waals surface area contributed by atoms with Crippen LogP contribution in [-0.2, 0) is 13.1 Å². The number of ether oxygens (including phenoxy) is 1. The largest absolute Gasteiger partial charge is 0.573 e. The van der Waals surface area contributed by atoms with Crippen LogP contribution in [0.25, 0.3) is 0 Å². The Hall–Kier alpha value is -1.91. The molecule has 0 spiro atoms. The molecule has 0 aliphatic rings. The topological polar surface area (TPSA) is 45.9 Å². The van der Waals surface area contributed by atoms with Gasteiger partial charge in [-0.15, -0.1) is 13.2 Å². The lowest BCUT2D eigenvalue weighted by Gasteiger charge is -2.13. The lowest BCUT2D eigenvalue weighted by Crippen LogP contribution is -2.19. The molecule has 8 heteroatoms. The fourth-order valence-corrected chi connectivity index (χ4v) is 1.16. The van der Waals surface area contributed by atoms with Crippen LogP contribution in [0.2, 0.25) is 0 Å². The molecule has 0 aliphatic heterocycles. The standard InChI is InChI=1S/C9H5F5N2O/c10-3-6-5(1-2-15)8(11)16-4-7(6)17-9(12,13)14/h4H,1,3H2. The van der Waals surface area contributed by atoms with Crippen molar-refractivity contribution in [3.05, 3.63) is 23.3 Å². The fourth-order valence-electron chi connectivity index (χ4n) is 1.16. The molecular weight excluding hydrogens is 247 g/mol. The van der Waals surface area contributed by atoms with E-state index in [0.717, 1.165) is 0 Å². The molecule has 1 rings (SSSR count). The van der Waals surface area contributed by atoms with Crippen LogP contribution in [0.5, 0.6) is 5.75 Å². The molecule has 1 heterocycles. The zero-order valence-electron chi connectivity index (χ0n) is 8.18. The van der Waals surface area contributed by atoms with Crippen molar-refractivity contribution in [2.75, 3.05) is 0 Å².